The monoisotopic (exact) mass is 218 g/mol. The molecule has 1 N–H and O–H groups in total. The van der Waals surface area contributed by atoms with E-state index < -0.39 is 0 Å². The molecule has 2 aromatic rings. The fraction of sp³-hybridized carbons (Fsp3) is 0.0909. The molecule has 3 nitrogen and oxygen atoms in total. The van der Waals surface area contributed by atoms with Crippen LogP contribution in [0, 0.1) is 0 Å². The fourth-order valence-electron chi connectivity index (χ4n) is 1.23. The van der Waals surface area contributed by atoms with Gasteiger partial charge < -0.3 is 5.32 Å². The van der Waals surface area contributed by atoms with Gasteiger partial charge in [0, 0.05) is 18.7 Å². The lowest BCUT2D eigenvalue weighted by Crippen LogP contribution is -2.00. The third-order valence-corrected chi connectivity index (χ3v) is 2.79. The Labute approximate surface area is 91.4 Å². The standard InChI is InChI=1S/C11H10N2OS/c1-12-9-7-10(14)15-11(13-9)8-5-3-2-4-6-8/h2-7,12H,1H3. The van der Waals surface area contributed by atoms with Crippen molar-refractivity contribution in [2.24, 2.45) is 0 Å². The van der Waals surface area contributed by atoms with Crippen LogP contribution < -0.4 is 10.1 Å². The fourth-order valence-corrected chi connectivity index (χ4v) is 1.99. The Balaban J connectivity index is 2.54. The molecule has 1 aromatic heterocycles. The van der Waals surface area contributed by atoms with Crippen molar-refractivity contribution in [2.75, 3.05) is 12.4 Å². The summed E-state index contributed by atoms with van der Waals surface area (Å²) in [5.74, 6) is 0.609. The molecule has 0 amide bonds. The van der Waals surface area contributed by atoms with Crippen molar-refractivity contribution < 1.29 is 0 Å². The van der Waals surface area contributed by atoms with Crippen LogP contribution in [0.2, 0.25) is 0 Å². The van der Waals surface area contributed by atoms with Crippen molar-refractivity contribution >= 4 is 17.2 Å². The molecule has 0 atom stereocenters. The Morgan fingerprint density at radius 2 is 2.00 bits per heavy atom. The van der Waals surface area contributed by atoms with E-state index in [1.54, 1.807) is 7.05 Å². The van der Waals surface area contributed by atoms with Gasteiger partial charge in [-0.15, -0.1) is 0 Å². The normalized spacial score (nSPS) is 9.93. The van der Waals surface area contributed by atoms with Gasteiger partial charge in [0.1, 0.15) is 10.8 Å². The van der Waals surface area contributed by atoms with Gasteiger partial charge in [-0.05, 0) is 0 Å². The Kier molecular flexibility index (Phi) is 2.78. The lowest BCUT2D eigenvalue weighted by Gasteiger charge is -2.01. The van der Waals surface area contributed by atoms with Crippen LogP contribution >= 0.6 is 11.3 Å². The van der Waals surface area contributed by atoms with Gasteiger partial charge in [0.15, 0.2) is 0 Å². The summed E-state index contributed by atoms with van der Waals surface area (Å²) >= 11 is 1.15. The molecule has 0 aliphatic carbocycles. The van der Waals surface area contributed by atoms with E-state index in [1.165, 1.54) is 6.07 Å². The molecule has 0 bridgehead atoms. The number of hydrogen-bond donors (Lipinski definition) is 1. The SMILES string of the molecule is CNc1cc(=O)sc(-c2ccccc2)n1. The van der Waals surface area contributed by atoms with Gasteiger partial charge in [-0.2, -0.15) is 0 Å². The van der Waals surface area contributed by atoms with Crippen LogP contribution in [0.5, 0.6) is 0 Å². The van der Waals surface area contributed by atoms with Gasteiger partial charge in [-0.3, -0.25) is 4.79 Å². The highest BCUT2D eigenvalue weighted by Gasteiger charge is 2.02. The molecular weight excluding hydrogens is 208 g/mol. The molecule has 4 heteroatoms. The Morgan fingerprint density at radius 1 is 1.27 bits per heavy atom. The quantitative estimate of drug-likeness (QED) is 0.840. The molecule has 15 heavy (non-hydrogen) atoms. The summed E-state index contributed by atoms with van der Waals surface area (Å²) in [7, 11) is 1.75. The summed E-state index contributed by atoms with van der Waals surface area (Å²) in [4.78, 5) is 15.7. The van der Waals surface area contributed by atoms with Crippen molar-refractivity contribution in [3.05, 3.63) is 45.9 Å². The second-order valence-electron chi connectivity index (χ2n) is 2.98. The number of nitrogens with zero attached hydrogens (tertiary/aromatic N) is 1. The zero-order valence-electron chi connectivity index (χ0n) is 8.23. The molecule has 0 spiro atoms. The molecule has 0 saturated heterocycles. The molecule has 0 unspecified atom stereocenters. The average molecular weight is 218 g/mol. The summed E-state index contributed by atoms with van der Waals surface area (Å²) < 4.78 is 0.00760. The summed E-state index contributed by atoms with van der Waals surface area (Å²) in [5, 5.41) is 3.62. The number of rotatable bonds is 2. The van der Waals surface area contributed by atoms with Crippen molar-refractivity contribution in [3.8, 4) is 10.6 Å². The van der Waals surface area contributed by atoms with Gasteiger partial charge in [-0.1, -0.05) is 41.7 Å². The van der Waals surface area contributed by atoms with E-state index in [4.69, 9.17) is 0 Å². The molecule has 0 aliphatic rings. The molecule has 0 saturated carbocycles. The summed E-state index contributed by atoms with van der Waals surface area (Å²) in [6, 6.07) is 11.2. The third kappa shape index (κ3) is 2.22. The Bertz CT molecular complexity index is 507. The van der Waals surface area contributed by atoms with Crippen LogP contribution in [0.1, 0.15) is 0 Å². The zero-order chi connectivity index (χ0) is 10.7. The molecule has 0 aliphatic heterocycles. The Hall–Kier alpha value is -1.68. The molecule has 0 fully saturated rings. The number of benzene rings is 1. The van der Waals surface area contributed by atoms with Gasteiger partial charge in [-0.25, -0.2) is 4.98 Å². The molecule has 1 heterocycles. The van der Waals surface area contributed by atoms with Gasteiger partial charge in [0.05, 0.1) is 0 Å². The van der Waals surface area contributed by atoms with E-state index in [1.807, 2.05) is 30.3 Å². The maximum Gasteiger partial charge on any atom is 0.238 e. The van der Waals surface area contributed by atoms with Crippen LogP contribution in [0.4, 0.5) is 5.82 Å². The number of anilines is 1. The molecule has 1 aromatic carbocycles. The first kappa shape index (κ1) is 9.86. The Morgan fingerprint density at radius 3 is 2.67 bits per heavy atom. The maximum absolute atomic E-state index is 11.4. The minimum absolute atomic E-state index is 0.00760. The van der Waals surface area contributed by atoms with Crippen molar-refractivity contribution in [1.82, 2.24) is 4.98 Å². The largest absolute Gasteiger partial charge is 0.373 e. The summed E-state index contributed by atoms with van der Waals surface area (Å²) in [6.45, 7) is 0. The molecular formula is C11H10N2OS. The van der Waals surface area contributed by atoms with Gasteiger partial charge in [0.25, 0.3) is 0 Å². The van der Waals surface area contributed by atoms with Crippen LogP contribution in [-0.2, 0) is 0 Å². The first-order valence-electron chi connectivity index (χ1n) is 4.55. The van der Waals surface area contributed by atoms with Crippen molar-refractivity contribution in [1.29, 1.82) is 0 Å². The highest BCUT2D eigenvalue weighted by atomic mass is 32.1. The highest BCUT2D eigenvalue weighted by Crippen LogP contribution is 2.19. The van der Waals surface area contributed by atoms with E-state index in [0.717, 1.165) is 21.9 Å². The van der Waals surface area contributed by atoms with Crippen LogP contribution in [0.25, 0.3) is 10.6 Å². The summed E-state index contributed by atoms with van der Waals surface area (Å²) in [6.07, 6.45) is 0. The third-order valence-electron chi connectivity index (χ3n) is 1.95. The topological polar surface area (TPSA) is 42.0 Å². The van der Waals surface area contributed by atoms with Crippen molar-refractivity contribution in [2.45, 2.75) is 0 Å². The van der Waals surface area contributed by atoms with Crippen LogP contribution in [0.3, 0.4) is 0 Å². The zero-order valence-corrected chi connectivity index (χ0v) is 9.04. The van der Waals surface area contributed by atoms with Crippen LogP contribution in [0.15, 0.2) is 41.2 Å². The minimum atomic E-state index is 0.00760. The number of hydrogen-bond acceptors (Lipinski definition) is 4. The minimum Gasteiger partial charge on any atom is -0.373 e. The predicted octanol–water partition coefficient (Wildman–Crippen LogP) is 2.21. The van der Waals surface area contributed by atoms with E-state index >= 15 is 0 Å². The first-order chi connectivity index (χ1) is 7.29. The maximum atomic E-state index is 11.4. The lowest BCUT2D eigenvalue weighted by molar-refractivity contribution is 1.32. The second kappa shape index (κ2) is 4.23. The molecule has 76 valence electrons. The van der Waals surface area contributed by atoms with E-state index in [0.29, 0.717) is 5.82 Å². The van der Waals surface area contributed by atoms with E-state index in [-0.39, 0.29) is 4.74 Å². The predicted molar refractivity (Wildman–Crippen MR) is 63.4 cm³/mol. The number of nitrogens with one attached hydrogen (secondary N) is 1. The smallest absolute Gasteiger partial charge is 0.238 e. The lowest BCUT2D eigenvalue weighted by atomic mass is 10.2. The highest BCUT2D eigenvalue weighted by molar-refractivity contribution is 7.12. The van der Waals surface area contributed by atoms with Crippen LogP contribution in [-0.4, -0.2) is 12.0 Å². The molecule has 2 rings (SSSR count). The second-order valence-corrected chi connectivity index (χ2v) is 3.98. The molecule has 0 radical (unpaired) electrons. The number of aromatic nitrogens is 1. The van der Waals surface area contributed by atoms with Gasteiger partial charge in [0.2, 0.25) is 4.74 Å². The van der Waals surface area contributed by atoms with E-state index in [2.05, 4.69) is 10.3 Å². The van der Waals surface area contributed by atoms with Gasteiger partial charge >= 0.3 is 0 Å². The van der Waals surface area contributed by atoms with E-state index in [9.17, 15) is 4.79 Å². The van der Waals surface area contributed by atoms with Crippen molar-refractivity contribution in [3.63, 3.8) is 0 Å². The first-order valence-corrected chi connectivity index (χ1v) is 5.36. The summed E-state index contributed by atoms with van der Waals surface area (Å²) in [5.41, 5.74) is 0.969. The average Bonchev–Trinajstić information content (AvgIpc) is 2.29.